The summed E-state index contributed by atoms with van der Waals surface area (Å²) in [5.41, 5.74) is 0. The number of carboxylic acid groups (broad SMARTS) is 1. The summed E-state index contributed by atoms with van der Waals surface area (Å²) in [7, 11) is 0. The molecule has 0 rings (SSSR count). The first-order valence-corrected chi connectivity index (χ1v) is 4.78. The number of rotatable bonds is 7. The van der Waals surface area contributed by atoms with Crippen LogP contribution in [0.15, 0.2) is 0 Å². The second-order valence-corrected chi connectivity index (χ2v) is 3.58. The van der Waals surface area contributed by atoms with Crippen molar-refractivity contribution in [2.45, 2.75) is 46.0 Å². The number of carbonyl (C=O) groups excluding carboxylic acids is 1. The van der Waals surface area contributed by atoms with Crippen LogP contribution < -0.4 is 0 Å². The SMILES string of the molecule is CC(C)C(=O)CCCCCC(=O)O. The van der Waals surface area contributed by atoms with Crippen molar-refractivity contribution in [1.82, 2.24) is 0 Å². The van der Waals surface area contributed by atoms with Crippen LogP contribution in [0.4, 0.5) is 0 Å². The van der Waals surface area contributed by atoms with Crippen molar-refractivity contribution >= 4 is 11.8 Å². The molecule has 0 saturated carbocycles. The Labute approximate surface area is 79.1 Å². The fourth-order valence-electron chi connectivity index (χ4n) is 1.04. The van der Waals surface area contributed by atoms with Gasteiger partial charge in [0.1, 0.15) is 5.78 Å². The number of hydrogen-bond donors (Lipinski definition) is 1. The van der Waals surface area contributed by atoms with Crippen LogP contribution in [0.2, 0.25) is 0 Å². The minimum Gasteiger partial charge on any atom is -0.481 e. The molecule has 3 nitrogen and oxygen atoms in total. The molecular weight excluding hydrogens is 168 g/mol. The fraction of sp³-hybridized carbons (Fsp3) is 0.800. The molecule has 0 fully saturated rings. The quantitative estimate of drug-likeness (QED) is 0.620. The highest BCUT2D eigenvalue weighted by molar-refractivity contribution is 5.80. The summed E-state index contributed by atoms with van der Waals surface area (Å²) in [6.07, 6.45) is 3.16. The largest absolute Gasteiger partial charge is 0.481 e. The Morgan fingerprint density at radius 3 is 2.08 bits per heavy atom. The van der Waals surface area contributed by atoms with Gasteiger partial charge in [0.2, 0.25) is 0 Å². The number of ketones is 1. The molecule has 0 aliphatic carbocycles. The van der Waals surface area contributed by atoms with Crippen molar-refractivity contribution in [3.63, 3.8) is 0 Å². The molecule has 0 aliphatic rings. The average molecular weight is 186 g/mol. The van der Waals surface area contributed by atoms with Gasteiger partial charge >= 0.3 is 5.97 Å². The molecule has 3 heteroatoms. The maximum atomic E-state index is 11.1. The normalized spacial score (nSPS) is 10.4. The van der Waals surface area contributed by atoms with Gasteiger partial charge in [0, 0.05) is 18.8 Å². The number of carboxylic acids is 1. The van der Waals surface area contributed by atoms with Crippen molar-refractivity contribution in [1.29, 1.82) is 0 Å². The fourth-order valence-corrected chi connectivity index (χ4v) is 1.04. The lowest BCUT2D eigenvalue weighted by molar-refractivity contribution is -0.137. The molecule has 0 unspecified atom stereocenters. The first-order chi connectivity index (χ1) is 6.04. The van der Waals surface area contributed by atoms with E-state index in [2.05, 4.69) is 0 Å². The monoisotopic (exact) mass is 186 g/mol. The topological polar surface area (TPSA) is 54.4 Å². The lowest BCUT2D eigenvalue weighted by atomic mass is 10.0. The zero-order valence-electron chi connectivity index (χ0n) is 8.38. The molecule has 0 amide bonds. The van der Waals surface area contributed by atoms with Gasteiger partial charge in [-0.3, -0.25) is 9.59 Å². The minimum absolute atomic E-state index is 0.111. The Kier molecular flexibility index (Phi) is 6.20. The molecule has 13 heavy (non-hydrogen) atoms. The van der Waals surface area contributed by atoms with Crippen LogP contribution >= 0.6 is 0 Å². The minimum atomic E-state index is -0.754. The van der Waals surface area contributed by atoms with Crippen molar-refractivity contribution in [2.24, 2.45) is 5.92 Å². The highest BCUT2D eigenvalue weighted by atomic mass is 16.4. The van der Waals surface area contributed by atoms with Crippen LogP contribution in [-0.4, -0.2) is 16.9 Å². The molecule has 0 heterocycles. The third-order valence-electron chi connectivity index (χ3n) is 1.96. The number of aliphatic carboxylic acids is 1. The van der Waals surface area contributed by atoms with E-state index >= 15 is 0 Å². The molecular formula is C10H18O3. The lowest BCUT2D eigenvalue weighted by Crippen LogP contribution is -2.06. The van der Waals surface area contributed by atoms with E-state index in [1.165, 1.54) is 0 Å². The number of carbonyl (C=O) groups is 2. The van der Waals surface area contributed by atoms with Crippen LogP contribution in [0.5, 0.6) is 0 Å². The Morgan fingerprint density at radius 1 is 1.08 bits per heavy atom. The second-order valence-electron chi connectivity index (χ2n) is 3.58. The van der Waals surface area contributed by atoms with Gasteiger partial charge in [0.25, 0.3) is 0 Å². The predicted molar refractivity (Wildman–Crippen MR) is 50.6 cm³/mol. The summed E-state index contributed by atoms with van der Waals surface area (Å²) in [5, 5.41) is 8.34. The Morgan fingerprint density at radius 2 is 1.62 bits per heavy atom. The third-order valence-corrected chi connectivity index (χ3v) is 1.96. The van der Waals surface area contributed by atoms with E-state index < -0.39 is 5.97 Å². The predicted octanol–water partition coefficient (Wildman–Crippen LogP) is 2.25. The van der Waals surface area contributed by atoms with E-state index in [-0.39, 0.29) is 18.1 Å². The molecule has 0 aliphatic heterocycles. The standard InChI is InChI=1S/C10H18O3/c1-8(2)9(11)6-4-3-5-7-10(12)13/h8H,3-7H2,1-2H3,(H,12,13). The molecule has 1 N–H and O–H groups in total. The molecule has 0 saturated heterocycles. The van der Waals surface area contributed by atoms with Gasteiger partial charge in [-0.25, -0.2) is 0 Å². The highest BCUT2D eigenvalue weighted by Crippen LogP contribution is 2.07. The highest BCUT2D eigenvalue weighted by Gasteiger charge is 2.06. The summed E-state index contributed by atoms with van der Waals surface area (Å²) in [4.78, 5) is 21.3. The number of unbranched alkanes of at least 4 members (excludes halogenated alkanes) is 2. The van der Waals surface area contributed by atoms with Gasteiger partial charge in [0.15, 0.2) is 0 Å². The van der Waals surface area contributed by atoms with Crippen molar-refractivity contribution in [3.8, 4) is 0 Å². The molecule has 0 aromatic rings. The van der Waals surface area contributed by atoms with Crippen molar-refractivity contribution in [2.75, 3.05) is 0 Å². The van der Waals surface area contributed by atoms with Crippen LogP contribution in [0.3, 0.4) is 0 Å². The molecule has 0 aromatic heterocycles. The van der Waals surface area contributed by atoms with Crippen LogP contribution in [0, 0.1) is 5.92 Å². The van der Waals surface area contributed by atoms with E-state index in [0.29, 0.717) is 12.8 Å². The number of hydrogen-bond acceptors (Lipinski definition) is 2. The smallest absolute Gasteiger partial charge is 0.303 e. The van der Waals surface area contributed by atoms with Gasteiger partial charge in [0.05, 0.1) is 0 Å². The Balaban J connectivity index is 3.26. The summed E-state index contributed by atoms with van der Waals surface area (Å²) < 4.78 is 0. The molecule has 0 aromatic carbocycles. The molecule has 0 spiro atoms. The van der Waals surface area contributed by atoms with Crippen LogP contribution in [0.1, 0.15) is 46.0 Å². The van der Waals surface area contributed by atoms with E-state index in [9.17, 15) is 9.59 Å². The van der Waals surface area contributed by atoms with Gasteiger partial charge in [-0.2, -0.15) is 0 Å². The van der Waals surface area contributed by atoms with E-state index in [0.717, 1.165) is 12.8 Å². The van der Waals surface area contributed by atoms with E-state index in [1.807, 2.05) is 13.8 Å². The zero-order valence-corrected chi connectivity index (χ0v) is 8.38. The second kappa shape index (κ2) is 6.63. The maximum Gasteiger partial charge on any atom is 0.303 e. The first kappa shape index (κ1) is 12.1. The molecule has 76 valence electrons. The van der Waals surface area contributed by atoms with Gasteiger partial charge < -0.3 is 5.11 Å². The third kappa shape index (κ3) is 7.50. The van der Waals surface area contributed by atoms with Gasteiger partial charge in [-0.1, -0.05) is 20.3 Å². The lowest BCUT2D eigenvalue weighted by Gasteiger charge is -2.02. The van der Waals surface area contributed by atoms with Crippen molar-refractivity contribution < 1.29 is 14.7 Å². The molecule has 0 atom stereocenters. The van der Waals surface area contributed by atoms with Crippen LogP contribution in [-0.2, 0) is 9.59 Å². The Hall–Kier alpha value is -0.860. The van der Waals surface area contributed by atoms with Crippen LogP contribution in [0.25, 0.3) is 0 Å². The molecule has 0 radical (unpaired) electrons. The van der Waals surface area contributed by atoms with E-state index in [1.54, 1.807) is 0 Å². The summed E-state index contributed by atoms with van der Waals surface area (Å²) in [5.74, 6) is -0.370. The maximum absolute atomic E-state index is 11.1. The van der Waals surface area contributed by atoms with Gasteiger partial charge in [-0.15, -0.1) is 0 Å². The van der Waals surface area contributed by atoms with E-state index in [4.69, 9.17) is 5.11 Å². The first-order valence-electron chi connectivity index (χ1n) is 4.78. The summed E-state index contributed by atoms with van der Waals surface area (Å²) in [6, 6.07) is 0. The Bertz CT molecular complexity index is 173. The summed E-state index contributed by atoms with van der Waals surface area (Å²) >= 11 is 0. The summed E-state index contributed by atoms with van der Waals surface area (Å²) in [6.45, 7) is 3.78. The zero-order chi connectivity index (χ0) is 10.3. The van der Waals surface area contributed by atoms with Crippen molar-refractivity contribution in [3.05, 3.63) is 0 Å². The molecule has 0 bridgehead atoms. The average Bonchev–Trinajstić information content (AvgIpc) is 2.02. The van der Waals surface area contributed by atoms with Gasteiger partial charge in [-0.05, 0) is 12.8 Å². The number of Topliss-reactive ketones (excluding diaryl/α,β-unsaturated/α-hetero) is 1.